The number of methoxy groups -OCH3 is 1. The van der Waals surface area contributed by atoms with E-state index < -0.39 is 0 Å². The standard InChI is InChI=1S/C18H16N4O3/c1-25-11-4-5-14(23)12(7-11)13-8-15(24)20-18-16(13)17(21-22-18)10-3-2-6-19-9-10/h2-7,9,13,23H,8H2,1H3,(H2,20,21,22,24). The Labute approximate surface area is 143 Å². The highest BCUT2D eigenvalue weighted by atomic mass is 16.5. The largest absolute Gasteiger partial charge is 0.508 e. The van der Waals surface area contributed by atoms with Crippen LogP contribution in [-0.2, 0) is 4.79 Å². The van der Waals surface area contributed by atoms with Gasteiger partial charge in [-0.2, -0.15) is 5.10 Å². The number of benzene rings is 1. The molecule has 3 N–H and O–H groups in total. The van der Waals surface area contributed by atoms with E-state index >= 15 is 0 Å². The third kappa shape index (κ3) is 2.59. The molecule has 1 aliphatic heterocycles. The fourth-order valence-corrected chi connectivity index (χ4v) is 3.19. The van der Waals surface area contributed by atoms with Crippen LogP contribution in [0.1, 0.15) is 23.5 Å². The van der Waals surface area contributed by atoms with Gasteiger partial charge in [0.1, 0.15) is 11.5 Å². The van der Waals surface area contributed by atoms with Crippen molar-refractivity contribution < 1.29 is 14.6 Å². The maximum absolute atomic E-state index is 12.1. The van der Waals surface area contributed by atoms with E-state index in [1.165, 1.54) is 0 Å². The van der Waals surface area contributed by atoms with E-state index in [-0.39, 0.29) is 24.0 Å². The summed E-state index contributed by atoms with van der Waals surface area (Å²) in [4.78, 5) is 16.3. The zero-order valence-corrected chi connectivity index (χ0v) is 13.5. The molecule has 0 fully saturated rings. The fourth-order valence-electron chi connectivity index (χ4n) is 3.19. The highest BCUT2D eigenvalue weighted by Gasteiger charge is 2.33. The summed E-state index contributed by atoms with van der Waals surface area (Å²) in [5.74, 6) is 0.718. The first-order valence-electron chi connectivity index (χ1n) is 7.82. The molecule has 3 heterocycles. The number of anilines is 1. The molecular weight excluding hydrogens is 320 g/mol. The van der Waals surface area contributed by atoms with Gasteiger partial charge in [0.15, 0.2) is 5.82 Å². The molecule has 0 radical (unpaired) electrons. The molecule has 7 heteroatoms. The number of fused-ring (bicyclic) bond motifs is 1. The van der Waals surface area contributed by atoms with Crippen molar-refractivity contribution in [2.75, 3.05) is 12.4 Å². The van der Waals surface area contributed by atoms with Crippen LogP contribution in [0.4, 0.5) is 5.82 Å². The lowest BCUT2D eigenvalue weighted by Crippen LogP contribution is -2.23. The summed E-state index contributed by atoms with van der Waals surface area (Å²) in [6, 6.07) is 8.76. The topological polar surface area (TPSA) is 100 Å². The van der Waals surface area contributed by atoms with Crippen LogP contribution in [0.5, 0.6) is 11.5 Å². The van der Waals surface area contributed by atoms with Gasteiger partial charge in [0.2, 0.25) is 5.91 Å². The smallest absolute Gasteiger partial charge is 0.226 e. The van der Waals surface area contributed by atoms with E-state index in [0.717, 1.165) is 16.8 Å². The van der Waals surface area contributed by atoms with Crippen LogP contribution in [0.15, 0.2) is 42.7 Å². The molecule has 1 aromatic carbocycles. The highest BCUT2D eigenvalue weighted by Crippen LogP contribution is 2.44. The third-order valence-electron chi connectivity index (χ3n) is 4.36. The van der Waals surface area contributed by atoms with E-state index in [9.17, 15) is 9.90 Å². The molecule has 1 aliphatic rings. The van der Waals surface area contributed by atoms with Gasteiger partial charge in [-0.15, -0.1) is 0 Å². The number of amides is 1. The molecule has 1 atom stereocenters. The van der Waals surface area contributed by atoms with E-state index in [2.05, 4.69) is 20.5 Å². The number of carbonyl (C=O) groups is 1. The van der Waals surface area contributed by atoms with Gasteiger partial charge < -0.3 is 15.2 Å². The maximum atomic E-state index is 12.1. The summed E-state index contributed by atoms with van der Waals surface area (Å²) in [6.07, 6.45) is 3.63. The maximum Gasteiger partial charge on any atom is 0.226 e. The number of phenolic OH excluding ortho intramolecular Hbond substituents is 1. The average molecular weight is 336 g/mol. The van der Waals surface area contributed by atoms with Gasteiger partial charge in [-0.05, 0) is 30.3 Å². The summed E-state index contributed by atoms with van der Waals surface area (Å²) in [6.45, 7) is 0. The molecule has 1 amide bonds. The van der Waals surface area contributed by atoms with Crippen LogP contribution in [0.25, 0.3) is 11.3 Å². The van der Waals surface area contributed by atoms with Crippen molar-refractivity contribution in [3.8, 4) is 22.8 Å². The van der Waals surface area contributed by atoms with Crippen molar-refractivity contribution in [2.24, 2.45) is 0 Å². The number of ether oxygens (including phenoxy) is 1. The minimum Gasteiger partial charge on any atom is -0.508 e. The summed E-state index contributed by atoms with van der Waals surface area (Å²) in [7, 11) is 1.56. The van der Waals surface area contributed by atoms with Crippen molar-refractivity contribution in [1.82, 2.24) is 15.2 Å². The Kier molecular flexibility index (Phi) is 3.61. The van der Waals surface area contributed by atoms with E-state index in [1.54, 1.807) is 37.7 Å². The second kappa shape index (κ2) is 5.94. The zero-order chi connectivity index (χ0) is 17.4. The Bertz CT molecular complexity index is 937. The van der Waals surface area contributed by atoms with Gasteiger partial charge in [-0.1, -0.05) is 0 Å². The fraction of sp³-hybridized carbons (Fsp3) is 0.167. The summed E-state index contributed by atoms with van der Waals surface area (Å²) >= 11 is 0. The van der Waals surface area contributed by atoms with Crippen molar-refractivity contribution >= 4 is 11.7 Å². The van der Waals surface area contributed by atoms with Crippen molar-refractivity contribution in [3.05, 3.63) is 53.9 Å². The number of phenols is 1. The average Bonchev–Trinajstić information content (AvgIpc) is 3.06. The van der Waals surface area contributed by atoms with E-state index in [4.69, 9.17) is 4.74 Å². The van der Waals surface area contributed by atoms with Crippen LogP contribution in [0, 0.1) is 0 Å². The van der Waals surface area contributed by atoms with Crippen molar-refractivity contribution in [2.45, 2.75) is 12.3 Å². The Morgan fingerprint density at radius 3 is 2.96 bits per heavy atom. The number of hydrogen-bond donors (Lipinski definition) is 3. The first-order valence-corrected chi connectivity index (χ1v) is 7.82. The van der Waals surface area contributed by atoms with Crippen molar-refractivity contribution in [3.63, 3.8) is 0 Å². The molecule has 1 unspecified atom stereocenters. The monoisotopic (exact) mass is 336 g/mol. The minimum absolute atomic E-state index is 0.116. The van der Waals surface area contributed by atoms with Gasteiger partial charge in [-0.3, -0.25) is 14.9 Å². The Morgan fingerprint density at radius 2 is 2.20 bits per heavy atom. The lowest BCUT2D eigenvalue weighted by molar-refractivity contribution is -0.116. The number of aromatic nitrogens is 3. The van der Waals surface area contributed by atoms with Crippen molar-refractivity contribution in [1.29, 1.82) is 0 Å². The number of aromatic amines is 1. The lowest BCUT2D eigenvalue weighted by atomic mass is 9.84. The molecule has 126 valence electrons. The second-order valence-corrected chi connectivity index (χ2v) is 5.83. The molecule has 7 nitrogen and oxygen atoms in total. The molecule has 3 aromatic rings. The van der Waals surface area contributed by atoms with E-state index in [1.807, 2.05) is 12.1 Å². The summed E-state index contributed by atoms with van der Waals surface area (Å²) in [5, 5.41) is 20.4. The number of carbonyl (C=O) groups excluding carboxylic acids is 1. The van der Waals surface area contributed by atoms with Gasteiger partial charge in [0.25, 0.3) is 0 Å². The van der Waals surface area contributed by atoms with Crippen LogP contribution < -0.4 is 10.1 Å². The zero-order valence-electron chi connectivity index (χ0n) is 13.5. The normalized spacial score (nSPS) is 16.2. The molecule has 0 bridgehead atoms. The molecular formula is C18H16N4O3. The molecule has 4 rings (SSSR count). The minimum atomic E-state index is -0.340. The quantitative estimate of drug-likeness (QED) is 0.683. The molecule has 0 aliphatic carbocycles. The molecule has 0 saturated heterocycles. The molecule has 2 aromatic heterocycles. The number of aromatic hydroxyl groups is 1. The summed E-state index contributed by atoms with van der Waals surface area (Å²) < 4.78 is 5.27. The van der Waals surface area contributed by atoms with Gasteiger partial charge in [0.05, 0.1) is 12.8 Å². The predicted octanol–water partition coefficient (Wildman–Crippen LogP) is 2.66. The highest BCUT2D eigenvalue weighted by molar-refractivity contribution is 5.96. The Balaban J connectivity index is 1.90. The second-order valence-electron chi connectivity index (χ2n) is 5.83. The molecule has 0 spiro atoms. The number of nitrogens with one attached hydrogen (secondary N) is 2. The van der Waals surface area contributed by atoms with Crippen LogP contribution >= 0.6 is 0 Å². The first-order chi connectivity index (χ1) is 12.2. The lowest BCUT2D eigenvalue weighted by Gasteiger charge is -2.24. The van der Waals surface area contributed by atoms with Gasteiger partial charge >= 0.3 is 0 Å². The number of hydrogen-bond acceptors (Lipinski definition) is 5. The van der Waals surface area contributed by atoms with Crippen LogP contribution in [0.2, 0.25) is 0 Å². The number of rotatable bonds is 3. The Hall–Kier alpha value is -3.35. The van der Waals surface area contributed by atoms with Crippen LogP contribution in [-0.4, -0.2) is 33.3 Å². The number of H-pyrrole nitrogens is 1. The first kappa shape index (κ1) is 15.2. The van der Waals surface area contributed by atoms with Gasteiger partial charge in [-0.25, -0.2) is 0 Å². The Morgan fingerprint density at radius 1 is 1.32 bits per heavy atom. The predicted molar refractivity (Wildman–Crippen MR) is 91.6 cm³/mol. The van der Waals surface area contributed by atoms with Gasteiger partial charge in [0, 0.05) is 41.4 Å². The van der Waals surface area contributed by atoms with Crippen LogP contribution in [0.3, 0.4) is 0 Å². The SMILES string of the molecule is COc1ccc(O)c(C2CC(=O)Nc3n[nH]c(-c4cccnc4)c32)c1. The number of nitrogens with zero attached hydrogens (tertiary/aromatic N) is 2. The van der Waals surface area contributed by atoms with E-state index in [0.29, 0.717) is 17.1 Å². The third-order valence-corrected chi connectivity index (χ3v) is 4.36. The molecule has 25 heavy (non-hydrogen) atoms. The summed E-state index contributed by atoms with van der Waals surface area (Å²) in [5.41, 5.74) is 3.09. The number of pyridine rings is 1. The molecule has 0 saturated carbocycles.